The summed E-state index contributed by atoms with van der Waals surface area (Å²) in [7, 11) is 0. The molecule has 0 bridgehead atoms. The minimum atomic E-state index is -0.859. The third-order valence-electron chi connectivity index (χ3n) is 4.62. The molecule has 1 aromatic carbocycles. The fraction of sp³-hybridized carbons (Fsp3) is 0.471. The molecule has 0 spiro atoms. The first-order valence-corrected chi connectivity index (χ1v) is 7.96. The van der Waals surface area contributed by atoms with Gasteiger partial charge in [0.1, 0.15) is 0 Å². The van der Waals surface area contributed by atoms with E-state index in [2.05, 4.69) is 22.5 Å². The van der Waals surface area contributed by atoms with Crippen LogP contribution in [0.1, 0.15) is 35.0 Å². The van der Waals surface area contributed by atoms with Gasteiger partial charge in [-0.15, -0.1) is 0 Å². The van der Waals surface area contributed by atoms with Crippen LogP contribution in [-0.4, -0.2) is 40.2 Å². The number of aromatic carboxylic acids is 1. The lowest BCUT2D eigenvalue weighted by atomic mass is 10.0. The van der Waals surface area contributed by atoms with Crippen molar-refractivity contribution in [2.24, 2.45) is 5.73 Å². The number of benzene rings is 1. The number of rotatable bonds is 5. The molecule has 1 aliphatic heterocycles. The van der Waals surface area contributed by atoms with Crippen molar-refractivity contribution >= 4 is 16.9 Å². The monoisotopic (exact) mass is 301 g/mol. The predicted octanol–water partition coefficient (Wildman–Crippen LogP) is 2.07. The zero-order valence-corrected chi connectivity index (χ0v) is 13.0. The van der Waals surface area contributed by atoms with Gasteiger partial charge in [-0.3, -0.25) is 4.90 Å². The van der Waals surface area contributed by atoms with Crippen molar-refractivity contribution in [1.29, 1.82) is 0 Å². The first kappa shape index (κ1) is 15.1. The van der Waals surface area contributed by atoms with Crippen LogP contribution in [0.4, 0.5) is 0 Å². The molecule has 0 fully saturated rings. The predicted molar refractivity (Wildman–Crippen MR) is 87.2 cm³/mol. The molecule has 3 rings (SSSR count). The van der Waals surface area contributed by atoms with Crippen LogP contribution < -0.4 is 5.73 Å². The zero-order valence-electron chi connectivity index (χ0n) is 13.0. The number of hydrogen-bond donors (Lipinski definition) is 2. The summed E-state index contributed by atoms with van der Waals surface area (Å²) in [6.45, 7) is 6.53. The molecular formula is C17H23N3O2. The molecule has 2 aromatic rings. The molecule has 22 heavy (non-hydrogen) atoms. The van der Waals surface area contributed by atoms with E-state index in [9.17, 15) is 9.90 Å². The number of carbonyl (C=O) groups is 1. The van der Waals surface area contributed by atoms with E-state index < -0.39 is 5.97 Å². The summed E-state index contributed by atoms with van der Waals surface area (Å²) >= 11 is 0. The van der Waals surface area contributed by atoms with Crippen molar-refractivity contribution in [2.45, 2.75) is 32.9 Å². The van der Waals surface area contributed by atoms with Crippen LogP contribution in [-0.2, 0) is 19.5 Å². The van der Waals surface area contributed by atoms with Crippen LogP contribution in [0.2, 0.25) is 0 Å². The van der Waals surface area contributed by atoms with Crippen LogP contribution in [0, 0.1) is 0 Å². The summed E-state index contributed by atoms with van der Waals surface area (Å²) in [6.07, 6.45) is 1.84. The number of aromatic nitrogens is 1. The van der Waals surface area contributed by atoms with E-state index in [4.69, 9.17) is 5.73 Å². The normalized spacial score (nSPS) is 15.2. The molecule has 5 heteroatoms. The van der Waals surface area contributed by atoms with Gasteiger partial charge in [0, 0.05) is 37.1 Å². The van der Waals surface area contributed by atoms with E-state index in [1.165, 1.54) is 11.3 Å². The Balaban J connectivity index is 2.23. The average molecular weight is 301 g/mol. The van der Waals surface area contributed by atoms with Crippen molar-refractivity contribution in [1.82, 2.24) is 9.47 Å². The van der Waals surface area contributed by atoms with Gasteiger partial charge in [0.05, 0.1) is 11.1 Å². The SMILES string of the molecule is CCN1CCc2c(c3cccc(C(=O)O)c3n2CCCN)C1. The maximum Gasteiger partial charge on any atom is 0.337 e. The fourth-order valence-corrected chi connectivity index (χ4v) is 3.50. The molecule has 1 aromatic heterocycles. The Labute approximate surface area is 130 Å². The molecule has 5 nitrogen and oxygen atoms in total. The number of likely N-dealkylation sites (N-methyl/N-ethyl adjacent to an activating group) is 1. The largest absolute Gasteiger partial charge is 0.478 e. The molecule has 118 valence electrons. The lowest BCUT2D eigenvalue weighted by molar-refractivity contribution is 0.0698. The maximum atomic E-state index is 11.6. The van der Waals surface area contributed by atoms with Crippen molar-refractivity contribution in [3.05, 3.63) is 35.0 Å². The number of carboxylic acid groups (broad SMARTS) is 1. The van der Waals surface area contributed by atoms with E-state index in [1.807, 2.05) is 6.07 Å². The summed E-state index contributed by atoms with van der Waals surface area (Å²) in [5.74, 6) is -0.859. The van der Waals surface area contributed by atoms with Crippen molar-refractivity contribution in [2.75, 3.05) is 19.6 Å². The van der Waals surface area contributed by atoms with Crippen LogP contribution in [0.25, 0.3) is 10.9 Å². The standard InChI is InChI=1S/C17H23N3O2/c1-2-19-10-7-15-14(11-19)12-5-3-6-13(17(21)22)16(12)20(15)9-4-8-18/h3,5-6H,2,4,7-11,18H2,1H3,(H,21,22). The van der Waals surface area contributed by atoms with Crippen molar-refractivity contribution in [3.8, 4) is 0 Å². The third-order valence-corrected chi connectivity index (χ3v) is 4.62. The molecule has 1 aliphatic rings. The Kier molecular flexibility index (Phi) is 4.18. The van der Waals surface area contributed by atoms with E-state index in [0.717, 1.165) is 49.9 Å². The summed E-state index contributed by atoms with van der Waals surface area (Å²) in [6, 6.07) is 5.61. The number of fused-ring (bicyclic) bond motifs is 3. The van der Waals surface area contributed by atoms with Crippen LogP contribution in [0.3, 0.4) is 0 Å². The topological polar surface area (TPSA) is 71.5 Å². The lowest BCUT2D eigenvalue weighted by Crippen LogP contribution is -2.30. The molecule has 0 saturated carbocycles. The van der Waals surface area contributed by atoms with Gasteiger partial charge in [0.15, 0.2) is 0 Å². The van der Waals surface area contributed by atoms with Crippen LogP contribution in [0.5, 0.6) is 0 Å². The van der Waals surface area contributed by atoms with E-state index in [1.54, 1.807) is 6.07 Å². The van der Waals surface area contributed by atoms with E-state index >= 15 is 0 Å². The molecule has 0 amide bonds. The fourth-order valence-electron chi connectivity index (χ4n) is 3.50. The Bertz CT molecular complexity index is 705. The highest BCUT2D eigenvalue weighted by molar-refractivity contribution is 6.04. The lowest BCUT2D eigenvalue weighted by Gasteiger charge is -2.26. The molecule has 3 N–H and O–H groups in total. The van der Waals surface area contributed by atoms with Crippen LogP contribution in [0.15, 0.2) is 18.2 Å². The molecule has 0 aliphatic carbocycles. The number of aryl methyl sites for hydroxylation is 1. The maximum absolute atomic E-state index is 11.6. The molecular weight excluding hydrogens is 278 g/mol. The van der Waals surface area contributed by atoms with Gasteiger partial charge in [0.2, 0.25) is 0 Å². The smallest absolute Gasteiger partial charge is 0.337 e. The first-order valence-electron chi connectivity index (χ1n) is 7.96. The zero-order chi connectivity index (χ0) is 15.7. The second-order valence-corrected chi connectivity index (χ2v) is 5.84. The quantitative estimate of drug-likeness (QED) is 0.887. The van der Waals surface area contributed by atoms with Gasteiger partial charge in [-0.2, -0.15) is 0 Å². The minimum Gasteiger partial charge on any atom is -0.478 e. The van der Waals surface area contributed by atoms with Gasteiger partial charge in [0.25, 0.3) is 0 Å². The molecule has 0 saturated heterocycles. The second-order valence-electron chi connectivity index (χ2n) is 5.84. The number of para-hydroxylation sites is 1. The molecule has 0 unspecified atom stereocenters. The summed E-state index contributed by atoms with van der Waals surface area (Å²) < 4.78 is 2.20. The van der Waals surface area contributed by atoms with Crippen molar-refractivity contribution in [3.63, 3.8) is 0 Å². The van der Waals surface area contributed by atoms with E-state index in [0.29, 0.717) is 12.1 Å². The Morgan fingerprint density at radius 3 is 2.91 bits per heavy atom. The van der Waals surface area contributed by atoms with Gasteiger partial charge in [-0.05, 0) is 31.1 Å². The summed E-state index contributed by atoms with van der Waals surface area (Å²) in [5.41, 5.74) is 9.52. The molecule has 0 atom stereocenters. The third kappa shape index (κ3) is 2.40. The highest BCUT2D eigenvalue weighted by Gasteiger charge is 2.25. The number of nitrogens with zero attached hydrogens (tertiary/aromatic N) is 2. The Morgan fingerprint density at radius 1 is 1.41 bits per heavy atom. The summed E-state index contributed by atoms with van der Waals surface area (Å²) in [4.78, 5) is 14.0. The summed E-state index contributed by atoms with van der Waals surface area (Å²) in [5, 5.41) is 10.6. The number of hydrogen-bond acceptors (Lipinski definition) is 3. The second kappa shape index (κ2) is 6.10. The van der Waals surface area contributed by atoms with Crippen LogP contribution >= 0.6 is 0 Å². The first-order chi connectivity index (χ1) is 10.7. The van der Waals surface area contributed by atoms with Crippen molar-refractivity contribution < 1.29 is 9.90 Å². The van der Waals surface area contributed by atoms with Gasteiger partial charge < -0.3 is 15.4 Å². The minimum absolute atomic E-state index is 0.395. The molecule has 0 radical (unpaired) electrons. The van der Waals surface area contributed by atoms with E-state index in [-0.39, 0.29) is 0 Å². The Morgan fingerprint density at radius 2 is 2.23 bits per heavy atom. The highest BCUT2D eigenvalue weighted by Crippen LogP contribution is 2.33. The molecule has 2 heterocycles. The number of nitrogens with two attached hydrogens (primary N) is 1. The van der Waals surface area contributed by atoms with Gasteiger partial charge in [-0.1, -0.05) is 19.1 Å². The average Bonchev–Trinajstić information content (AvgIpc) is 2.85. The highest BCUT2D eigenvalue weighted by atomic mass is 16.4. The number of carboxylic acids is 1. The Hall–Kier alpha value is -1.85. The van der Waals surface area contributed by atoms with Gasteiger partial charge in [-0.25, -0.2) is 4.79 Å². The van der Waals surface area contributed by atoms with Gasteiger partial charge >= 0.3 is 5.97 Å².